The minimum Gasteiger partial charge on any atom is -0.445 e. The number of nitrogens with zero attached hydrogens (tertiary/aromatic N) is 2. The van der Waals surface area contributed by atoms with Crippen molar-refractivity contribution in [1.29, 1.82) is 0 Å². The van der Waals surface area contributed by atoms with Gasteiger partial charge in [0.05, 0.1) is 6.04 Å². The van der Waals surface area contributed by atoms with Crippen molar-refractivity contribution in [2.24, 2.45) is 7.05 Å². The molecule has 0 saturated heterocycles. The van der Waals surface area contributed by atoms with Gasteiger partial charge in [0.15, 0.2) is 0 Å². The maximum atomic E-state index is 13.1. The van der Waals surface area contributed by atoms with Crippen molar-refractivity contribution in [3.05, 3.63) is 94.3 Å². The van der Waals surface area contributed by atoms with Gasteiger partial charge in [-0.25, -0.2) is 4.79 Å². The topological polar surface area (TPSA) is 34.5 Å². The molecule has 2 aromatic carbocycles. The van der Waals surface area contributed by atoms with Crippen molar-refractivity contribution < 1.29 is 9.53 Å². The Hall–Kier alpha value is -3.01. The summed E-state index contributed by atoms with van der Waals surface area (Å²) in [4.78, 5) is 14.9. The fourth-order valence-corrected chi connectivity index (χ4v) is 4.06. The van der Waals surface area contributed by atoms with Gasteiger partial charge in [0, 0.05) is 30.5 Å². The number of aryl methyl sites for hydroxylation is 1. The van der Waals surface area contributed by atoms with Gasteiger partial charge in [-0.3, -0.25) is 4.90 Å². The third-order valence-corrected chi connectivity index (χ3v) is 5.83. The SMILES string of the molecule is Cc1cc(C2c3ccccc3CCN2C(=O)OCc2ccccc2)c(C)n1C. The lowest BCUT2D eigenvalue weighted by molar-refractivity contribution is 0.0836. The second-order valence-electron chi connectivity index (χ2n) is 7.47. The van der Waals surface area contributed by atoms with Crippen molar-refractivity contribution in [2.75, 3.05) is 6.54 Å². The van der Waals surface area contributed by atoms with Crippen molar-refractivity contribution >= 4 is 6.09 Å². The van der Waals surface area contributed by atoms with Crippen molar-refractivity contribution in [2.45, 2.75) is 32.9 Å². The molecule has 4 rings (SSSR count). The molecule has 4 heteroatoms. The Morgan fingerprint density at radius 3 is 2.46 bits per heavy atom. The summed E-state index contributed by atoms with van der Waals surface area (Å²) in [5, 5.41) is 0. The van der Waals surface area contributed by atoms with E-state index in [0.29, 0.717) is 6.54 Å². The summed E-state index contributed by atoms with van der Waals surface area (Å²) >= 11 is 0. The van der Waals surface area contributed by atoms with Gasteiger partial charge in [0.2, 0.25) is 0 Å². The second kappa shape index (κ2) is 7.55. The van der Waals surface area contributed by atoms with Crippen LogP contribution < -0.4 is 0 Å². The molecule has 0 spiro atoms. The van der Waals surface area contributed by atoms with Gasteiger partial charge < -0.3 is 9.30 Å². The Bertz CT molecular complexity index is 991. The summed E-state index contributed by atoms with van der Waals surface area (Å²) in [5.74, 6) is 0. The number of carbonyl (C=O) groups excluding carboxylic acids is 1. The number of aromatic nitrogens is 1. The van der Waals surface area contributed by atoms with Crippen LogP contribution >= 0.6 is 0 Å². The molecule has 3 aromatic rings. The molecule has 0 saturated carbocycles. The summed E-state index contributed by atoms with van der Waals surface area (Å²) < 4.78 is 7.87. The highest BCUT2D eigenvalue weighted by Gasteiger charge is 2.34. The van der Waals surface area contributed by atoms with Gasteiger partial charge >= 0.3 is 6.09 Å². The van der Waals surface area contributed by atoms with Crippen LogP contribution in [0.3, 0.4) is 0 Å². The van der Waals surface area contributed by atoms with Crippen LogP contribution in [0, 0.1) is 13.8 Å². The number of rotatable bonds is 3. The Kier molecular flexibility index (Phi) is 4.95. The Labute approximate surface area is 166 Å². The first-order valence-corrected chi connectivity index (χ1v) is 9.74. The van der Waals surface area contributed by atoms with Crippen molar-refractivity contribution in [3.63, 3.8) is 0 Å². The smallest absolute Gasteiger partial charge is 0.410 e. The molecule has 1 atom stereocenters. The molecule has 4 nitrogen and oxygen atoms in total. The van der Waals surface area contributed by atoms with Crippen LogP contribution in [0.2, 0.25) is 0 Å². The maximum Gasteiger partial charge on any atom is 0.410 e. The van der Waals surface area contributed by atoms with Gasteiger partial charge in [-0.15, -0.1) is 0 Å². The summed E-state index contributed by atoms with van der Waals surface area (Å²) in [6, 6.07) is 20.3. The highest BCUT2D eigenvalue weighted by Crippen LogP contribution is 2.38. The fraction of sp³-hybridized carbons (Fsp3) is 0.292. The molecular formula is C24H26N2O2. The van der Waals surface area contributed by atoms with E-state index >= 15 is 0 Å². The fourth-order valence-electron chi connectivity index (χ4n) is 4.06. The first kappa shape index (κ1) is 18.4. The molecule has 28 heavy (non-hydrogen) atoms. The number of hydrogen-bond acceptors (Lipinski definition) is 2. The van der Waals surface area contributed by atoms with Crippen LogP contribution in [0.4, 0.5) is 4.79 Å². The first-order chi connectivity index (χ1) is 13.6. The zero-order chi connectivity index (χ0) is 19.7. The molecule has 0 bridgehead atoms. The number of hydrogen-bond donors (Lipinski definition) is 0. The first-order valence-electron chi connectivity index (χ1n) is 9.74. The van der Waals surface area contributed by atoms with Gasteiger partial charge in [-0.2, -0.15) is 0 Å². The van der Waals surface area contributed by atoms with Gasteiger partial charge in [-0.1, -0.05) is 54.6 Å². The molecule has 0 aliphatic carbocycles. The number of fused-ring (bicyclic) bond motifs is 1. The monoisotopic (exact) mass is 374 g/mol. The number of carbonyl (C=O) groups is 1. The van der Waals surface area contributed by atoms with E-state index in [1.165, 1.54) is 28.1 Å². The zero-order valence-corrected chi connectivity index (χ0v) is 16.7. The average Bonchev–Trinajstić information content (AvgIpc) is 2.99. The van der Waals surface area contributed by atoms with Gasteiger partial charge in [0.1, 0.15) is 6.61 Å². The van der Waals surface area contributed by atoms with E-state index in [-0.39, 0.29) is 18.7 Å². The Balaban J connectivity index is 1.67. The van der Waals surface area contributed by atoms with E-state index in [0.717, 1.165) is 12.0 Å². The highest BCUT2D eigenvalue weighted by molar-refractivity contribution is 5.70. The third kappa shape index (κ3) is 3.31. The number of ether oxygens (including phenoxy) is 1. The number of benzene rings is 2. The van der Waals surface area contributed by atoms with Crippen LogP contribution in [0.15, 0.2) is 60.7 Å². The lowest BCUT2D eigenvalue weighted by Gasteiger charge is -2.37. The molecule has 0 radical (unpaired) electrons. The molecular weight excluding hydrogens is 348 g/mol. The lowest BCUT2D eigenvalue weighted by Crippen LogP contribution is -2.41. The quantitative estimate of drug-likeness (QED) is 0.652. The third-order valence-electron chi connectivity index (χ3n) is 5.83. The van der Waals surface area contributed by atoms with E-state index < -0.39 is 0 Å². The van der Waals surface area contributed by atoms with Crippen LogP contribution in [0.5, 0.6) is 0 Å². The van der Waals surface area contributed by atoms with Crippen LogP contribution in [-0.4, -0.2) is 22.1 Å². The standard InChI is InChI=1S/C24H26N2O2/c1-17-15-22(18(2)25(17)3)23-21-12-8-7-11-20(21)13-14-26(23)24(27)28-16-19-9-5-4-6-10-19/h4-12,15,23H,13-14,16H2,1-3H3. The lowest BCUT2D eigenvalue weighted by atomic mass is 9.88. The molecule has 2 heterocycles. The molecule has 144 valence electrons. The van der Waals surface area contributed by atoms with Gasteiger partial charge in [0.25, 0.3) is 0 Å². The minimum absolute atomic E-state index is 0.117. The van der Waals surface area contributed by atoms with Crippen molar-refractivity contribution in [3.8, 4) is 0 Å². The molecule has 1 aliphatic heterocycles. The van der Waals surface area contributed by atoms with Crippen LogP contribution in [0.1, 0.15) is 39.7 Å². The Morgan fingerprint density at radius 1 is 1.04 bits per heavy atom. The molecule has 1 aromatic heterocycles. The van der Waals surface area contributed by atoms with Crippen LogP contribution in [0.25, 0.3) is 0 Å². The molecule has 1 aliphatic rings. The minimum atomic E-state index is -0.260. The van der Waals surface area contributed by atoms with E-state index in [1.807, 2.05) is 35.2 Å². The predicted octanol–water partition coefficient (Wildman–Crippen LogP) is 4.93. The van der Waals surface area contributed by atoms with E-state index in [1.54, 1.807) is 0 Å². The summed E-state index contributed by atoms with van der Waals surface area (Å²) in [6.45, 7) is 5.16. The largest absolute Gasteiger partial charge is 0.445 e. The summed E-state index contributed by atoms with van der Waals surface area (Å²) in [7, 11) is 2.07. The summed E-state index contributed by atoms with van der Waals surface area (Å²) in [6.07, 6.45) is 0.585. The van der Waals surface area contributed by atoms with Gasteiger partial charge in [-0.05, 0) is 43.0 Å². The second-order valence-corrected chi connectivity index (χ2v) is 7.47. The van der Waals surface area contributed by atoms with Crippen LogP contribution in [-0.2, 0) is 24.8 Å². The van der Waals surface area contributed by atoms with E-state index in [4.69, 9.17) is 4.74 Å². The maximum absolute atomic E-state index is 13.1. The average molecular weight is 374 g/mol. The molecule has 0 N–H and O–H groups in total. The summed E-state index contributed by atoms with van der Waals surface area (Å²) in [5.41, 5.74) is 7.04. The zero-order valence-electron chi connectivity index (χ0n) is 16.7. The molecule has 1 amide bonds. The molecule has 1 unspecified atom stereocenters. The van der Waals surface area contributed by atoms with E-state index in [2.05, 4.69) is 55.8 Å². The highest BCUT2D eigenvalue weighted by atomic mass is 16.6. The number of amides is 1. The normalized spacial score (nSPS) is 16.0. The Morgan fingerprint density at radius 2 is 1.75 bits per heavy atom. The predicted molar refractivity (Wildman–Crippen MR) is 110 cm³/mol. The van der Waals surface area contributed by atoms with Crippen molar-refractivity contribution in [1.82, 2.24) is 9.47 Å². The van der Waals surface area contributed by atoms with E-state index in [9.17, 15) is 4.79 Å². The molecule has 0 fully saturated rings.